The zero-order valence-corrected chi connectivity index (χ0v) is 19.6. The summed E-state index contributed by atoms with van der Waals surface area (Å²) in [7, 11) is 0. The van der Waals surface area contributed by atoms with E-state index in [0.29, 0.717) is 55.8 Å². The van der Waals surface area contributed by atoms with Crippen LogP contribution in [0.2, 0.25) is 0 Å². The molecule has 4 aliphatic rings. The molecular formula is C26H36F2N2O3. The number of nitrogens with zero attached hydrogens (tertiary/aromatic N) is 2. The van der Waals surface area contributed by atoms with Gasteiger partial charge in [-0.3, -0.25) is 4.90 Å². The van der Waals surface area contributed by atoms with Gasteiger partial charge in [0.05, 0.1) is 6.61 Å². The molecule has 7 heteroatoms. The van der Waals surface area contributed by atoms with Crippen molar-refractivity contribution in [3.8, 4) is 5.75 Å². The lowest BCUT2D eigenvalue weighted by molar-refractivity contribution is 0.0473. The van der Waals surface area contributed by atoms with Gasteiger partial charge in [-0.05, 0) is 81.3 Å². The van der Waals surface area contributed by atoms with Crippen LogP contribution in [0.4, 0.5) is 13.6 Å². The molecule has 0 radical (unpaired) electrons. The highest BCUT2D eigenvalue weighted by atomic mass is 19.1. The maximum Gasteiger partial charge on any atom is 0.410 e. The number of hydrogen-bond donors (Lipinski definition) is 0. The molecule has 182 valence electrons. The number of amides is 1. The Morgan fingerprint density at radius 1 is 1.21 bits per heavy atom. The predicted molar refractivity (Wildman–Crippen MR) is 122 cm³/mol. The fourth-order valence-corrected chi connectivity index (χ4v) is 5.36. The van der Waals surface area contributed by atoms with Gasteiger partial charge in [-0.15, -0.1) is 0 Å². The van der Waals surface area contributed by atoms with Gasteiger partial charge in [0.2, 0.25) is 0 Å². The molecule has 2 saturated carbocycles. The Morgan fingerprint density at radius 2 is 1.97 bits per heavy atom. The van der Waals surface area contributed by atoms with Crippen molar-refractivity contribution in [2.24, 2.45) is 17.8 Å². The number of carbonyl (C=O) groups excluding carboxylic acids is 1. The molecular weight excluding hydrogens is 426 g/mol. The number of likely N-dealkylation sites (tertiary alicyclic amines) is 2. The summed E-state index contributed by atoms with van der Waals surface area (Å²) in [6, 6.07) is 5.11. The zero-order chi connectivity index (χ0) is 23.0. The van der Waals surface area contributed by atoms with Crippen LogP contribution in [0.3, 0.4) is 0 Å². The van der Waals surface area contributed by atoms with Gasteiger partial charge in [-0.1, -0.05) is 6.07 Å². The van der Waals surface area contributed by atoms with Crippen molar-refractivity contribution in [2.75, 3.05) is 39.3 Å². The molecule has 2 aliphatic heterocycles. The molecule has 2 saturated heterocycles. The monoisotopic (exact) mass is 462 g/mol. The molecule has 1 aromatic rings. The third-order valence-corrected chi connectivity index (χ3v) is 8.06. The van der Waals surface area contributed by atoms with Crippen LogP contribution in [0.25, 0.3) is 0 Å². The number of ether oxygens (including phenoxy) is 2. The highest BCUT2D eigenvalue weighted by Gasteiger charge is 2.45. The largest absolute Gasteiger partial charge is 0.493 e. The van der Waals surface area contributed by atoms with E-state index in [1.807, 2.05) is 22.8 Å². The van der Waals surface area contributed by atoms with Gasteiger partial charge < -0.3 is 14.4 Å². The van der Waals surface area contributed by atoms with Crippen LogP contribution < -0.4 is 4.74 Å². The quantitative estimate of drug-likeness (QED) is 0.527. The summed E-state index contributed by atoms with van der Waals surface area (Å²) in [6.07, 6.45) is 6.06. The van der Waals surface area contributed by atoms with Crippen LogP contribution in [0, 0.1) is 23.6 Å². The van der Waals surface area contributed by atoms with Gasteiger partial charge in [0, 0.05) is 38.8 Å². The van der Waals surface area contributed by atoms with E-state index in [1.165, 1.54) is 12.5 Å². The van der Waals surface area contributed by atoms with Crippen LogP contribution in [0.1, 0.15) is 51.0 Å². The SMILES string of the molecule is CC1(OC(=O)N2CCC(C3CC3CCOc3ccc(CCN4CC(F)C4)c(F)c3)CC2)CC1. The summed E-state index contributed by atoms with van der Waals surface area (Å²) in [5.41, 5.74) is 0.459. The lowest BCUT2D eigenvalue weighted by Gasteiger charge is -2.34. The summed E-state index contributed by atoms with van der Waals surface area (Å²) in [5, 5.41) is 0. The number of piperidine rings is 1. The Bertz CT molecular complexity index is 848. The molecule has 2 unspecified atom stereocenters. The lowest BCUT2D eigenvalue weighted by atomic mass is 9.91. The van der Waals surface area contributed by atoms with E-state index in [-0.39, 0.29) is 17.5 Å². The number of carbonyl (C=O) groups is 1. The first-order valence-corrected chi connectivity index (χ1v) is 12.6. The maximum atomic E-state index is 14.4. The topological polar surface area (TPSA) is 42.0 Å². The third kappa shape index (κ3) is 5.79. The Balaban J connectivity index is 0.978. The summed E-state index contributed by atoms with van der Waals surface area (Å²) in [6.45, 7) is 5.85. The smallest absolute Gasteiger partial charge is 0.410 e. The minimum absolute atomic E-state index is 0.138. The first kappa shape index (κ1) is 22.9. The zero-order valence-electron chi connectivity index (χ0n) is 19.6. The second-order valence-electron chi connectivity index (χ2n) is 10.8. The Hall–Kier alpha value is -1.89. The number of benzene rings is 1. The summed E-state index contributed by atoms with van der Waals surface area (Å²) < 4.78 is 38.7. The lowest BCUT2D eigenvalue weighted by Crippen LogP contribution is -2.48. The van der Waals surface area contributed by atoms with Crippen molar-refractivity contribution in [1.82, 2.24) is 9.80 Å². The normalized spacial score (nSPS) is 27.2. The standard InChI is InChI=1S/C26H36F2N2O3/c1-26(8-9-26)33-25(31)30-11-5-18(6-12-30)23-14-20(23)7-13-32-22-3-2-19(24(28)15-22)4-10-29-16-21(27)17-29/h2-3,15,18,20-21,23H,4-14,16-17H2,1H3. The second kappa shape index (κ2) is 9.40. The number of halogens is 2. The average Bonchev–Trinajstić information content (AvgIpc) is 3.69. The van der Waals surface area contributed by atoms with Crippen molar-refractivity contribution in [3.05, 3.63) is 29.6 Å². The fourth-order valence-electron chi connectivity index (χ4n) is 5.36. The molecule has 2 aliphatic carbocycles. The molecule has 1 amide bonds. The van der Waals surface area contributed by atoms with Crippen molar-refractivity contribution >= 4 is 6.09 Å². The van der Waals surface area contributed by atoms with Gasteiger partial charge in [-0.2, -0.15) is 0 Å². The number of hydrogen-bond acceptors (Lipinski definition) is 4. The maximum absolute atomic E-state index is 14.4. The predicted octanol–water partition coefficient (Wildman–Crippen LogP) is 4.83. The van der Waals surface area contributed by atoms with Crippen LogP contribution >= 0.6 is 0 Å². The highest BCUT2D eigenvalue weighted by molar-refractivity contribution is 5.68. The van der Waals surface area contributed by atoms with E-state index in [2.05, 4.69) is 0 Å². The molecule has 5 nitrogen and oxygen atoms in total. The van der Waals surface area contributed by atoms with E-state index in [1.54, 1.807) is 6.07 Å². The van der Waals surface area contributed by atoms with Crippen molar-refractivity contribution in [2.45, 2.75) is 63.6 Å². The summed E-state index contributed by atoms with van der Waals surface area (Å²) in [5.74, 6) is 2.44. The highest BCUT2D eigenvalue weighted by Crippen LogP contribution is 2.50. The second-order valence-corrected chi connectivity index (χ2v) is 10.8. The Labute approximate surface area is 195 Å². The Kier molecular flexibility index (Phi) is 6.51. The fraction of sp³-hybridized carbons (Fsp3) is 0.731. The van der Waals surface area contributed by atoms with Gasteiger partial charge in [0.1, 0.15) is 23.3 Å². The molecule has 0 bridgehead atoms. The van der Waals surface area contributed by atoms with Crippen molar-refractivity contribution in [3.63, 3.8) is 0 Å². The molecule has 1 aromatic carbocycles. The van der Waals surface area contributed by atoms with Crippen LogP contribution in [-0.2, 0) is 11.2 Å². The van der Waals surface area contributed by atoms with E-state index >= 15 is 0 Å². The minimum Gasteiger partial charge on any atom is -0.493 e. The molecule has 0 spiro atoms. The molecule has 0 aromatic heterocycles. The minimum atomic E-state index is -0.719. The van der Waals surface area contributed by atoms with Crippen molar-refractivity contribution in [1.29, 1.82) is 0 Å². The first-order valence-electron chi connectivity index (χ1n) is 12.6. The van der Waals surface area contributed by atoms with Crippen LogP contribution in [0.5, 0.6) is 5.75 Å². The van der Waals surface area contributed by atoms with E-state index in [0.717, 1.165) is 51.1 Å². The molecule has 2 heterocycles. The molecule has 0 N–H and O–H groups in total. The van der Waals surface area contributed by atoms with E-state index < -0.39 is 6.17 Å². The van der Waals surface area contributed by atoms with Gasteiger partial charge in [-0.25, -0.2) is 13.6 Å². The number of alkyl halides is 1. The van der Waals surface area contributed by atoms with Crippen LogP contribution in [0.15, 0.2) is 18.2 Å². The van der Waals surface area contributed by atoms with E-state index in [9.17, 15) is 13.6 Å². The average molecular weight is 463 g/mol. The van der Waals surface area contributed by atoms with Crippen LogP contribution in [-0.4, -0.2) is 67.0 Å². The summed E-state index contributed by atoms with van der Waals surface area (Å²) >= 11 is 0. The van der Waals surface area contributed by atoms with Gasteiger partial charge in [0.25, 0.3) is 0 Å². The van der Waals surface area contributed by atoms with E-state index in [4.69, 9.17) is 9.47 Å². The van der Waals surface area contributed by atoms with Gasteiger partial charge >= 0.3 is 6.09 Å². The molecule has 4 fully saturated rings. The van der Waals surface area contributed by atoms with Crippen molar-refractivity contribution < 1.29 is 23.0 Å². The molecule has 5 rings (SSSR count). The molecule has 2 atom stereocenters. The third-order valence-electron chi connectivity index (χ3n) is 8.06. The Morgan fingerprint density at radius 3 is 2.64 bits per heavy atom. The number of rotatable bonds is 9. The summed E-state index contributed by atoms with van der Waals surface area (Å²) in [4.78, 5) is 16.2. The van der Waals surface area contributed by atoms with Gasteiger partial charge in [0.15, 0.2) is 0 Å². The molecule has 33 heavy (non-hydrogen) atoms. The first-order chi connectivity index (χ1) is 15.9.